The number of nitrogens with zero attached hydrogens (tertiary/aromatic N) is 1. The van der Waals surface area contributed by atoms with Crippen LogP contribution in [0.25, 0.3) is 16.5 Å². The second kappa shape index (κ2) is 5.31. The zero-order chi connectivity index (χ0) is 15.9. The molecule has 0 unspecified atom stereocenters. The van der Waals surface area contributed by atoms with Crippen molar-refractivity contribution in [3.8, 4) is 5.69 Å². The largest absolute Gasteiger partial charge is 0.366 e. The lowest BCUT2D eigenvalue weighted by molar-refractivity contribution is 0.100. The first-order chi connectivity index (χ1) is 10.5. The second-order valence-electron chi connectivity index (χ2n) is 4.96. The molecule has 0 aliphatic heterocycles. The van der Waals surface area contributed by atoms with E-state index in [-0.39, 0.29) is 5.56 Å². The van der Waals surface area contributed by atoms with Gasteiger partial charge in [0.1, 0.15) is 0 Å². The first-order valence-electron chi connectivity index (χ1n) is 6.71. The van der Waals surface area contributed by atoms with Gasteiger partial charge in [-0.1, -0.05) is 41.9 Å². The van der Waals surface area contributed by atoms with Gasteiger partial charge < -0.3 is 5.73 Å². The van der Waals surface area contributed by atoms with E-state index < -0.39 is 5.91 Å². The summed E-state index contributed by atoms with van der Waals surface area (Å²) in [5.74, 6) is -0.588. The molecule has 5 heteroatoms. The molecule has 2 N–H and O–H groups in total. The Bertz CT molecular complexity index is 946. The molecule has 0 bridgehead atoms. The predicted molar refractivity (Wildman–Crippen MR) is 87.8 cm³/mol. The van der Waals surface area contributed by atoms with E-state index in [0.29, 0.717) is 32.7 Å². The van der Waals surface area contributed by atoms with E-state index in [2.05, 4.69) is 0 Å². The highest BCUT2D eigenvalue weighted by atomic mass is 35.5. The van der Waals surface area contributed by atoms with Crippen LogP contribution < -0.4 is 11.3 Å². The molecule has 0 aliphatic carbocycles. The molecule has 0 radical (unpaired) electrons. The third-order valence-corrected chi connectivity index (χ3v) is 3.97. The zero-order valence-electron chi connectivity index (χ0n) is 11.8. The molecule has 1 aromatic heterocycles. The van der Waals surface area contributed by atoms with Gasteiger partial charge in [0.25, 0.3) is 11.5 Å². The molecule has 0 spiro atoms. The van der Waals surface area contributed by atoms with E-state index >= 15 is 0 Å². The van der Waals surface area contributed by atoms with Gasteiger partial charge in [-0.05, 0) is 25.1 Å². The van der Waals surface area contributed by atoms with E-state index in [1.54, 1.807) is 37.3 Å². The van der Waals surface area contributed by atoms with Crippen molar-refractivity contribution in [1.29, 1.82) is 0 Å². The highest BCUT2D eigenvalue weighted by Crippen LogP contribution is 2.26. The highest BCUT2D eigenvalue weighted by molar-refractivity contribution is 6.36. The fraction of sp³-hybridized carbons (Fsp3) is 0.0588. The van der Waals surface area contributed by atoms with Gasteiger partial charge in [-0.2, -0.15) is 0 Å². The van der Waals surface area contributed by atoms with Crippen molar-refractivity contribution >= 4 is 28.3 Å². The number of pyridine rings is 1. The van der Waals surface area contributed by atoms with E-state index in [1.807, 2.05) is 18.2 Å². The van der Waals surface area contributed by atoms with Crippen molar-refractivity contribution in [3.63, 3.8) is 0 Å². The lowest BCUT2D eigenvalue weighted by atomic mass is 10.0. The number of benzene rings is 2. The first-order valence-corrected chi connectivity index (χ1v) is 7.09. The summed E-state index contributed by atoms with van der Waals surface area (Å²) >= 11 is 6.19. The molecular formula is C17H13ClN2O2. The molecule has 0 fully saturated rings. The van der Waals surface area contributed by atoms with Crippen LogP contribution >= 0.6 is 11.6 Å². The minimum Gasteiger partial charge on any atom is -0.366 e. The molecule has 0 aliphatic rings. The third-order valence-electron chi connectivity index (χ3n) is 3.66. The predicted octanol–water partition coefficient (Wildman–Crippen LogP) is 3.05. The molecule has 3 rings (SSSR count). The molecule has 2 aromatic carbocycles. The van der Waals surface area contributed by atoms with Crippen molar-refractivity contribution in [2.24, 2.45) is 5.73 Å². The van der Waals surface area contributed by atoms with Crippen molar-refractivity contribution in [2.75, 3.05) is 0 Å². The van der Waals surface area contributed by atoms with Crippen LogP contribution in [0.2, 0.25) is 5.02 Å². The van der Waals surface area contributed by atoms with Crippen molar-refractivity contribution in [2.45, 2.75) is 6.92 Å². The Balaban J connectivity index is 2.57. The maximum Gasteiger partial charge on any atom is 0.264 e. The van der Waals surface area contributed by atoms with Gasteiger partial charge >= 0.3 is 0 Å². The number of aromatic nitrogens is 1. The average molecular weight is 313 g/mol. The molecule has 4 nitrogen and oxygen atoms in total. The van der Waals surface area contributed by atoms with Gasteiger partial charge in [0.2, 0.25) is 0 Å². The van der Waals surface area contributed by atoms with Gasteiger partial charge in [-0.15, -0.1) is 0 Å². The van der Waals surface area contributed by atoms with Gasteiger partial charge in [0.05, 0.1) is 16.0 Å². The molecule has 1 heterocycles. The Morgan fingerprint density at radius 1 is 1.09 bits per heavy atom. The van der Waals surface area contributed by atoms with Crippen molar-refractivity contribution < 1.29 is 4.79 Å². The Hall–Kier alpha value is -2.59. The number of amides is 1. The van der Waals surface area contributed by atoms with Crippen LogP contribution in [0.1, 0.15) is 16.1 Å². The number of hydrogen-bond donors (Lipinski definition) is 1. The number of carbonyl (C=O) groups excluding carboxylic acids is 1. The molecule has 110 valence electrons. The summed E-state index contributed by atoms with van der Waals surface area (Å²) in [6.45, 7) is 1.70. The molecule has 22 heavy (non-hydrogen) atoms. The Kier molecular flexibility index (Phi) is 3.47. The van der Waals surface area contributed by atoms with Crippen molar-refractivity contribution in [1.82, 2.24) is 4.57 Å². The van der Waals surface area contributed by atoms with E-state index in [0.717, 1.165) is 0 Å². The summed E-state index contributed by atoms with van der Waals surface area (Å²) < 4.78 is 1.47. The van der Waals surface area contributed by atoms with E-state index in [1.165, 1.54) is 4.57 Å². The van der Waals surface area contributed by atoms with Crippen LogP contribution in [-0.4, -0.2) is 10.5 Å². The van der Waals surface area contributed by atoms with Crippen LogP contribution in [-0.2, 0) is 0 Å². The summed E-state index contributed by atoms with van der Waals surface area (Å²) in [5.41, 5.74) is 6.73. The smallest absolute Gasteiger partial charge is 0.264 e. The topological polar surface area (TPSA) is 65.1 Å². The summed E-state index contributed by atoms with van der Waals surface area (Å²) in [7, 11) is 0. The minimum atomic E-state index is -0.588. The SMILES string of the molecule is Cc1c(C(N)=O)c2cccc(Cl)c2c(=O)n1-c1ccccc1. The zero-order valence-corrected chi connectivity index (χ0v) is 12.6. The van der Waals surface area contributed by atoms with Crippen LogP contribution in [0, 0.1) is 6.92 Å². The summed E-state index contributed by atoms with van der Waals surface area (Å²) in [6.07, 6.45) is 0. The number of para-hydroxylation sites is 1. The van der Waals surface area contributed by atoms with E-state index in [9.17, 15) is 9.59 Å². The number of carbonyl (C=O) groups is 1. The lowest BCUT2D eigenvalue weighted by Gasteiger charge is -2.16. The number of fused-ring (bicyclic) bond motifs is 1. The fourth-order valence-electron chi connectivity index (χ4n) is 2.72. The molecule has 0 atom stereocenters. The van der Waals surface area contributed by atoms with Gasteiger partial charge in [-0.25, -0.2) is 0 Å². The average Bonchev–Trinajstić information content (AvgIpc) is 2.48. The summed E-state index contributed by atoms with van der Waals surface area (Å²) in [5, 5.41) is 1.08. The second-order valence-corrected chi connectivity index (χ2v) is 5.37. The van der Waals surface area contributed by atoms with Gasteiger partial charge in [0, 0.05) is 16.8 Å². The lowest BCUT2D eigenvalue weighted by Crippen LogP contribution is -2.26. The maximum atomic E-state index is 12.9. The number of rotatable bonds is 2. The number of nitrogens with two attached hydrogens (primary N) is 1. The van der Waals surface area contributed by atoms with Gasteiger partial charge in [-0.3, -0.25) is 14.2 Å². The number of halogens is 1. The number of hydrogen-bond acceptors (Lipinski definition) is 2. The first kappa shape index (κ1) is 14.4. The normalized spacial score (nSPS) is 10.8. The quantitative estimate of drug-likeness (QED) is 0.790. The molecule has 3 aromatic rings. The molecule has 0 saturated heterocycles. The molecular weight excluding hydrogens is 300 g/mol. The Morgan fingerprint density at radius 3 is 2.41 bits per heavy atom. The minimum absolute atomic E-state index is 0.269. The molecule has 1 amide bonds. The van der Waals surface area contributed by atoms with Gasteiger partial charge in [0.15, 0.2) is 0 Å². The van der Waals surface area contributed by atoms with Crippen LogP contribution in [0.15, 0.2) is 53.3 Å². The Labute approximate surface area is 131 Å². The fourth-order valence-corrected chi connectivity index (χ4v) is 2.98. The summed E-state index contributed by atoms with van der Waals surface area (Å²) in [6, 6.07) is 14.1. The van der Waals surface area contributed by atoms with Crippen LogP contribution in [0.3, 0.4) is 0 Å². The monoisotopic (exact) mass is 312 g/mol. The summed E-state index contributed by atoms with van der Waals surface area (Å²) in [4.78, 5) is 24.8. The van der Waals surface area contributed by atoms with Crippen molar-refractivity contribution in [3.05, 3.63) is 75.2 Å². The van der Waals surface area contributed by atoms with Crippen LogP contribution in [0.5, 0.6) is 0 Å². The van der Waals surface area contributed by atoms with E-state index in [4.69, 9.17) is 17.3 Å². The highest BCUT2D eigenvalue weighted by Gasteiger charge is 2.19. The standard InChI is InChI=1S/C17H13ClN2O2/c1-10-14(16(19)21)12-8-5-9-13(18)15(12)17(22)20(10)11-6-3-2-4-7-11/h2-9H,1H3,(H2,19,21). The third kappa shape index (κ3) is 2.09. The van der Waals surface area contributed by atoms with Crippen LogP contribution in [0.4, 0.5) is 0 Å². The number of primary amides is 1. The maximum absolute atomic E-state index is 12.9. The molecule has 0 saturated carbocycles. The Morgan fingerprint density at radius 2 is 1.77 bits per heavy atom.